The van der Waals surface area contributed by atoms with Gasteiger partial charge in [0.05, 0.1) is 0 Å². The van der Waals surface area contributed by atoms with E-state index >= 15 is 0 Å². The van der Waals surface area contributed by atoms with Crippen molar-refractivity contribution in [2.75, 3.05) is 20.1 Å². The van der Waals surface area contributed by atoms with Gasteiger partial charge in [-0.1, -0.05) is 42.5 Å². The van der Waals surface area contributed by atoms with Gasteiger partial charge in [-0.05, 0) is 36.7 Å². The number of halogens is 1. The molecule has 0 aliphatic rings. The third-order valence-electron chi connectivity index (χ3n) is 3.43. The Kier molecular flexibility index (Phi) is 5.27. The topological polar surface area (TPSA) is 29.3 Å². The number of rotatable bonds is 6. The van der Waals surface area contributed by atoms with E-state index in [9.17, 15) is 4.39 Å². The van der Waals surface area contributed by atoms with E-state index in [4.69, 9.17) is 5.73 Å². The second kappa shape index (κ2) is 7.17. The number of nitrogens with zero attached hydrogens (tertiary/aromatic N) is 1. The molecule has 2 N–H and O–H groups in total. The van der Waals surface area contributed by atoms with Crippen LogP contribution in [0.25, 0.3) is 0 Å². The average molecular weight is 272 g/mol. The molecule has 0 saturated carbocycles. The van der Waals surface area contributed by atoms with Crippen molar-refractivity contribution in [3.8, 4) is 0 Å². The maximum atomic E-state index is 12.9. The van der Waals surface area contributed by atoms with Crippen molar-refractivity contribution in [2.45, 2.75) is 12.5 Å². The lowest BCUT2D eigenvalue weighted by molar-refractivity contribution is 0.316. The fourth-order valence-corrected chi connectivity index (χ4v) is 2.21. The van der Waals surface area contributed by atoms with Gasteiger partial charge in [-0.25, -0.2) is 4.39 Å². The number of nitrogens with two attached hydrogens (primary N) is 1. The van der Waals surface area contributed by atoms with Crippen LogP contribution >= 0.6 is 0 Å². The van der Waals surface area contributed by atoms with E-state index in [0.29, 0.717) is 0 Å². The summed E-state index contributed by atoms with van der Waals surface area (Å²) in [5.41, 5.74) is 8.45. The molecule has 0 amide bonds. The lowest BCUT2D eigenvalue weighted by atomic mass is 10.1. The molecule has 2 nitrogen and oxygen atoms in total. The fraction of sp³-hybridized carbons (Fsp3) is 0.294. The van der Waals surface area contributed by atoms with E-state index < -0.39 is 0 Å². The Labute approximate surface area is 120 Å². The second-order valence-electron chi connectivity index (χ2n) is 5.16. The van der Waals surface area contributed by atoms with Crippen LogP contribution in [0.4, 0.5) is 4.39 Å². The normalized spacial score (nSPS) is 12.6. The van der Waals surface area contributed by atoms with Gasteiger partial charge < -0.3 is 10.6 Å². The Balaban J connectivity index is 1.82. The van der Waals surface area contributed by atoms with Gasteiger partial charge in [-0.15, -0.1) is 0 Å². The smallest absolute Gasteiger partial charge is 0.123 e. The third kappa shape index (κ3) is 4.44. The molecule has 1 unspecified atom stereocenters. The van der Waals surface area contributed by atoms with Crippen LogP contribution in [-0.4, -0.2) is 25.0 Å². The van der Waals surface area contributed by atoms with Crippen LogP contribution in [0.15, 0.2) is 54.6 Å². The lowest BCUT2D eigenvalue weighted by Crippen LogP contribution is -2.30. The Bertz CT molecular complexity index is 510. The summed E-state index contributed by atoms with van der Waals surface area (Å²) in [5, 5.41) is 0. The first-order chi connectivity index (χ1) is 9.65. The SMILES string of the molecule is CN(CCc1ccccc1)CC(N)c1ccc(F)cc1. The number of benzene rings is 2. The van der Waals surface area contributed by atoms with Crippen LogP contribution in [0.3, 0.4) is 0 Å². The first-order valence-corrected chi connectivity index (χ1v) is 6.88. The van der Waals surface area contributed by atoms with Crippen molar-refractivity contribution in [2.24, 2.45) is 5.73 Å². The average Bonchev–Trinajstić information content (AvgIpc) is 2.47. The van der Waals surface area contributed by atoms with E-state index in [1.807, 2.05) is 6.07 Å². The van der Waals surface area contributed by atoms with E-state index in [0.717, 1.165) is 25.1 Å². The first-order valence-electron chi connectivity index (χ1n) is 6.88. The van der Waals surface area contributed by atoms with Crippen LogP contribution in [-0.2, 0) is 6.42 Å². The highest BCUT2D eigenvalue weighted by Crippen LogP contribution is 2.12. The minimum Gasteiger partial charge on any atom is -0.323 e. The highest BCUT2D eigenvalue weighted by molar-refractivity contribution is 5.20. The maximum absolute atomic E-state index is 12.9. The van der Waals surface area contributed by atoms with E-state index in [-0.39, 0.29) is 11.9 Å². The van der Waals surface area contributed by atoms with Crippen LogP contribution in [0, 0.1) is 5.82 Å². The molecule has 0 spiro atoms. The number of hydrogen-bond donors (Lipinski definition) is 1. The number of hydrogen-bond acceptors (Lipinski definition) is 2. The summed E-state index contributed by atoms with van der Waals surface area (Å²) in [4.78, 5) is 2.21. The van der Waals surface area contributed by atoms with Gasteiger partial charge in [0.15, 0.2) is 0 Å². The fourth-order valence-electron chi connectivity index (χ4n) is 2.21. The van der Waals surface area contributed by atoms with Crippen molar-refractivity contribution in [3.05, 3.63) is 71.5 Å². The first kappa shape index (κ1) is 14.7. The van der Waals surface area contributed by atoms with Crippen LogP contribution in [0.2, 0.25) is 0 Å². The van der Waals surface area contributed by atoms with Gasteiger partial charge in [0.2, 0.25) is 0 Å². The molecule has 0 heterocycles. The molecule has 0 aliphatic carbocycles. The molecule has 0 bridgehead atoms. The summed E-state index contributed by atoms with van der Waals surface area (Å²) in [5.74, 6) is -0.224. The quantitative estimate of drug-likeness (QED) is 0.876. The molecule has 2 rings (SSSR count). The molecule has 20 heavy (non-hydrogen) atoms. The Hall–Kier alpha value is -1.71. The van der Waals surface area contributed by atoms with Gasteiger partial charge in [0.1, 0.15) is 5.82 Å². The summed E-state index contributed by atoms with van der Waals surface area (Å²) in [6.45, 7) is 1.72. The van der Waals surface area contributed by atoms with Crippen LogP contribution in [0.5, 0.6) is 0 Å². The zero-order valence-electron chi connectivity index (χ0n) is 11.8. The summed E-state index contributed by atoms with van der Waals surface area (Å²) >= 11 is 0. The van der Waals surface area contributed by atoms with Gasteiger partial charge in [-0.2, -0.15) is 0 Å². The van der Waals surface area contributed by atoms with Crippen molar-refractivity contribution >= 4 is 0 Å². The zero-order valence-corrected chi connectivity index (χ0v) is 11.8. The third-order valence-corrected chi connectivity index (χ3v) is 3.43. The van der Waals surface area contributed by atoms with Gasteiger partial charge in [0.25, 0.3) is 0 Å². The summed E-state index contributed by atoms with van der Waals surface area (Å²) in [6, 6.07) is 16.7. The van der Waals surface area contributed by atoms with Crippen molar-refractivity contribution in [1.29, 1.82) is 0 Å². The van der Waals surface area contributed by atoms with Crippen molar-refractivity contribution in [1.82, 2.24) is 4.90 Å². The molecule has 0 radical (unpaired) electrons. The lowest BCUT2D eigenvalue weighted by Gasteiger charge is -2.21. The predicted octanol–water partition coefficient (Wildman–Crippen LogP) is 3.00. The Morgan fingerprint density at radius 1 is 1.05 bits per heavy atom. The van der Waals surface area contributed by atoms with Crippen molar-refractivity contribution in [3.63, 3.8) is 0 Å². The van der Waals surface area contributed by atoms with Crippen LogP contribution in [0.1, 0.15) is 17.2 Å². The van der Waals surface area contributed by atoms with Gasteiger partial charge in [-0.3, -0.25) is 0 Å². The molecular formula is C17H21FN2. The van der Waals surface area contributed by atoms with Crippen molar-refractivity contribution < 1.29 is 4.39 Å². The predicted molar refractivity (Wildman–Crippen MR) is 81.0 cm³/mol. The van der Waals surface area contributed by atoms with Crippen LogP contribution < -0.4 is 5.73 Å². The molecule has 2 aromatic carbocycles. The summed E-state index contributed by atoms with van der Waals surface area (Å²) in [6.07, 6.45) is 1.01. The molecule has 2 aromatic rings. The molecule has 0 aromatic heterocycles. The number of likely N-dealkylation sites (N-methyl/N-ethyl adjacent to an activating group) is 1. The zero-order chi connectivity index (χ0) is 14.4. The summed E-state index contributed by atoms with van der Waals surface area (Å²) in [7, 11) is 2.06. The molecule has 0 aliphatic heterocycles. The highest BCUT2D eigenvalue weighted by Gasteiger charge is 2.09. The standard InChI is InChI=1S/C17H21FN2/c1-20(12-11-14-5-3-2-4-6-14)13-17(19)15-7-9-16(18)10-8-15/h2-10,17H,11-13,19H2,1H3. The maximum Gasteiger partial charge on any atom is 0.123 e. The van der Waals surface area contributed by atoms with Gasteiger partial charge >= 0.3 is 0 Å². The molecule has 106 valence electrons. The minimum absolute atomic E-state index is 0.0867. The van der Waals surface area contributed by atoms with E-state index in [1.54, 1.807) is 12.1 Å². The molecular weight excluding hydrogens is 251 g/mol. The summed E-state index contributed by atoms with van der Waals surface area (Å²) < 4.78 is 12.9. The Morgan fingerprint density at radius 3 is 2.35 bits per heavy atom. The molecule has 1 atom stereocenters. The molecule has 3 heteroatoms. The molecule has 0 fully saturated rings. The van der Waals surface area contributed by atoms with Gasteiger partial charge in [0, 0.05) is 19.1 Å². The highest BCUT2D eigenvalue weighted by atomic mass is 19.1. The largest absolute Gasteiger partial charge is 0.323 e. The minimum atomic E-state index is -0.224. The monoisotopic (exact) mass is 272 g/mol. The Morgan fingerprint density at radius 2 is 1.70 bits per heavy atom. The van der Waals surface area contributed by atoms with E-state index in [1.165, 1.54) is 17.7 Å². The molecule has 0 saturated heterocycles. The van der Waals surface area contributed by atoms with E-state index in [2.05, 4.69) is 36.2 Å². The second-order valence-corrected chi connectivity index (χ2v) is 5.16.